The molecule has 22 heteroatoms. The molecular formula is C64H104N10O12. The highest BCUT2D eigenvalue weighted by molar-refractivity contribution is 6.00. The van der Waals surface area contributed by atoms with Gasteiger partial charge in [0.1, 0.15) is 47.5 Å². The number of rotatable bonds is 20. The molecule has 0 radical (unpaired) electrons. The zero-order valence-corrected chi connectivity index (χ0v) is 54.5. The summed E-state index contributed by atoms with van der Waals surface area (Å²) in [7, 11) is 2.92. The minimum Gasteiger partial charge on any atom is -0.444 e. The van der Waals surface area contributed by atoms with Crippen LogP contribution in [0.1, 0.15) is 208 Å². The normalized spacial score (nSPS) is 20.2. The first kappa shape index (κ1) is 70.3. The second-order valence-corrected chi connectivity index (χ2v) is 28.6. The van der Waals surface area contributed by atoms with Crippen LogP contribution in [0.5, 0.6) is 0 Å². The molecule has 4 fully saturated rings. The molecule has 5 rings (SSSR count). The lowest BCUT2D eigenvalue weighted by atomic mass is 9.83. The number of ether oxygens (including phenoxy) is 2. The molecular weight excluding hydrogens is 1100 g/mol. The van der Waals surface area contributed by atoms with Crippen molar-refractivity contribution in [3.63, 3.8) is 0 Å². The number of carbonyl (C=O) groups is 10. The van der Waals surface area contributed by atoms with Crippen molar-refractivity contribution in [3.05, 3.63) is 35.4 Å². The third-order valence-electron chi connectivity index (χ3n) is 17.2. The number of likely N-dealkylation sites (tertiary alicyclic amines) is 2. The maximum atomic E-state index is 14.5. The Labute approximate surface area is 511 Å². The van der Waals surface area contributed by atoms with Crippen molar-refractivity contribution in [1.82, 2.24) is 51.5 Å². The van der Waals surface area contributed by atoms with Crippen LogP contribution in [0.4, 0.5) is 9.59 Å². The van der Waals surface area contributed by atoms with E-state index in [-0.39, 0.29) is 47.9 Å². The molecule has 2 unspecified atom stereocenters. The van der Waals surface area contributed by atoms with E-state index < -0.39 is 118 Å². The van der Waals surface area contributed by atoms with Crippen molar-refractivity contribution in [3.8, 4) is 0 Å². The second kappa shape index (κ2) is 29.9. The standard InChI is InChI=1S/C64H104N10O12/c1-39(71(15)59(83)85-63(9,10)11)51(75)69-49(61(3,4)5)57(81)73-34-24-32-47(73)55(79)67-45(41-26-19-17-20-27-41)37-65-53(77)43-30-23-31-44(36-43)54(78)66-38-46(42-28-21-18-22-29-42)68-56(80)48-33-25-35-74(48)58(82)50(62(6,7)8)70-52(76)40(2)72(16)60(84)86-64(12,13)14/h23,30-31,36,39-42,45-50H,17-22,24-29,32-35,37-38H2,1-16H3,(H,65,77)(H,66,78)(H,67,79)(H,68,80)(H,69,75)(H,70,76)/t39-,40-,45+,46+,47?,48?,49+,50+/m0/s1. The molecule has 2 heterocycles. The Morgan fingerprint density at radius 1 is 0.500 bits per heavy atom. The second-order valence-electron chi connectivity index (χ2n) is 28.6. The van der Waals surface area contributed by atoms with Crippen LogP contribution >= 0.6 is 0 Å². The van der Waals surface area contributed by atoms with E-state index in [1.54, 1.807) is 73.6 Å². The van der Waals surface area contributed by atoms with Crippen molar-refractivity contribution < 1.29 is 57.4 Å². The highest BCUT2D eigenvalue weighted by Crippen LogP contribution is 2.32. The smallest absolute Gasteiger partial charge is 0.410 e. The predicted molar refractivity (Wildman–Crippen MR) is 327 cm³/mol. The Morgan fingerprint density at radius 3 is 1.15 bits per heavy atom. The molecule has 482 valence electrons. The van der Waals surface area contributed by atoms with Gasteiger partial charge >= 0.3 is 12.2 Å². The minimum absolute atomic E-state index is 0.0542. The average Bonchev–Trinajstić information content (AvgIpc) is 3.23. The molecule has 0 bridgehead atoms. The van der Waals surface area contributed by atoms with Gasteiger partial charge in [-0.05, 0) is 148 Å². The first-order valence-corrected chi connectivity index (χ1v) is 31.4. The maximum Gasteiger partial charge on any atom is 0.410 e. The molecule has 1 aromatic carbocycles. The van der Waals surface area contributed by atoms with Crippen molar-refractivity contribution in [2.75, 3.05) is 40.3 Å². The van der Waals surface area contributed by atoms with Gasteiger partial charge in [-0.2, -0.15) is 0 Å². The van der Waals surface area contributed by atoms with E-state index in [1.165, 1.54) is 39.8 Å². The van der Waals surface area contributed by atoms with Gasteiger partial charge in [-0.25, -0.2) is 9.59 Å². The van der Waals surface area contributed by atoms with Gasteiger partial charge in [0.2, 0.25) is 35.4 Å². The van der Waals surface area contributed by atoms with E-state index in [9.17, 15) is 47.9 Å². The van der Waals surface area contributed by atoms with E-state index >= 15 is 0 Å². The summed E-state index contributed by atoms with van der Waals surface area (Å²) >= 11 is 0. The number of nitrogens with zero attached hydrogens (tertiary/aromatic N) is 4. The van der Waals surface area contributed by atoms with Crippen LogP contribution in [0, 0.1) is 22.7 Å². The van der Waals surface area contributed by atoms with E-state index in [2.05, 4.69) is 31.9 Å². The van der Waals surface area contributed by atoms with E-state index in [0.29, 0.717) is 38.8 Å². The Balaban J connectivity index is 1.23. The van der Waals surface area contributed by atoms with Crippen molar-refractivity contribution in [1.29, 1.82) is 0 Å². The van der Waals surface area contributed by atoms with Crippen LogP contribution < -0.4 is 31.9 Å². The van der Waals surface area contributed by atoms with Crippen molar-refractivity contribution in [2.45, 2.75) is 246 Å². The molecule has 2 saturated carbocycles. The largest absolute Gasteiger partial charge is 0.444 e. The number of benzene rings is 1. The van der Waals surface area contributed by atoms with Crippen LogP contribution in [0.25, 0.3) is 0 Å². The number of carbonyl (C=O) groups excluding carboxylic acids is 10. The predicted octanol–water partition coefficient (Wildman–Crippen LogP) is 6.83. The number of hydrogen-bond acceptors (Lipinski definition) is 12. The van der Waals surface area contributed by atoms with Crippen LogP contribution in [0.2, 0.25) is 0 Å². The van der Waals surface area contributed by atoms with Crippen LogP contribution in [0.3, 0.4) is 0 Å². The van der Waals surface area contributed by atoms with Gasteiger partial charge in [-0.15, -0.1) is 0 Å². The van der Waals surface area contributed by atoms with Gasteiger partial charge in [0, 0.05) is 63.5 Å². The lowest BCUT2D eigenvalue weighted by Crippen LogP contribution is -2.61. The Morgan fingerprint density at radius 2 is 0.837 bits per heavy atom. The summed E-state index contributed by atoms with van der Waals surface area (Å²) in [6.07, 6.45) is 9.92. The summed E-state index contributed by atoms with van der Waals surface area (Å²) < 4.78 is 10.9. The Bertz CT molecular complexity index is 2400. The number of amides is 10. The molecule has 2 aliphatic heterocycles. The molecule has 86 heavy (non-hydrogen) atoms. The Kier molecular flexibility index (Phi) is 24.5. The van der Waals surface area contributed by atoms with Gasteiger partial charge in [0.15, 0.2) is 0 Å². The molecule has 2 aliphatic carbocycles. The van der Waals surface area contributed by atoms with Crippen LogP contribution in [0.15, 0.2) is 24.3 Å². The van der Waals surface area contributed by atoms with Gasteiger partial charge in [0.25, 0.3) is 11.8 Å². The molecule has 4 aliphatic rings. The highest BCUT2D eigenvalue weighted by atomic mass is 16.6. The third-order valence-corrected chi connectivity index (χ3v) is 17.2. The molecule has 22 nitrogen and oxygen atoms in total. The van der Waals surface area contributed by atoms with Gasteiger partial charge < -0.3 is 51.2 Å². The lowest BCUT2D eigenvalue weighted by molar-refractivity contribution is -0.144. The fraction of sp³-hybridized carbons (Fsp3) is 0.750. The SMILES string of the molecule is C[C@@H](C(=O)N[C@H](C(=O)N1CCCC1C(=O)N[C@H](CNC(=O)c1cccc(C(=O)NC[C@@H](NC(=O)C2CCCN2C(=O)[C@@H](NC(=O)[C@H](C)N(C)C(=O)OC(C)(C)C)C(C)(C)C)C2CCCCC2)c1)C1CCCCC1)C(C)(C)C)N(C)C(=O)OC(C)(C)C. The summed E-state index contributed by atoms with van der Waals surface area (Å²) in [5.41, 5.74) is -2.62. The quantitative estimate of drug-likeness (QED) is 0.0784. The molecule has 0 aromatic heterocycles. The van der Waals surface area contributed by atoms with E-state index in [1.807, 2.05) is 41.5 Å². The summed E-state index contributed by atoms with van der Waals surface area (Å²) in [4.78, 5) is 144. The van der Waals surface area contributed by atoms with Crippen LogP contribution in [-0.2, 0) is 38.2 Å². The highest BCUT2D eigenvalue weighted by Gasteiger charge is 2.46. The molecule has 1 aromatic rings. The summed E-state index contributed by atoms with van der Waals surface area (Å²) in [6, 6.07) is -0.181. The van der Waals surface area contributed by atoms with E-state index in [0.717, 1.165) is 64.2 Å². The molecule has 2 saturated heterocycles. The first-order valence-electron chi connectivity index (χ1n) is 31.4. The minimum atomic E-state index is -1.02. The molecule has 0 spiro atoms. The molecule has 6 N–H and O–H groups in total. The molecule has 10 amide bonds. The maximum absolute atomic E-state index is 14.5. The topological polar surface area (TPSA) is 274 Å². The van der Waals surface area contributed by atoms with Crippen molar-refractivity contribution >= 4 is 59.4 Å². The number of hydrogen-bond donors (Lipinski definition) is 6. The van der Waals surface area contributed by atoms with Gasteiger partial charge in [-0.1, -0.05) is 86.1 Å². The number of nitrogens with one attached hydrogen (secondary N) is 6. The zero-order chi connectivity index (χ0) is 64.2. The summed E-state index contributed by atoms with van der Waals surface area (Å²) in [5, 5.41) is 18.3. The number of likely N-dealkylation sites (N-methyl/N-ethyl adjacent to an activating group) is 2. The third kappa shape index (κ3) is 19.8. The van der Waals surface area contributed by atoms with Gasteiger partial charge in [0.05, 0.1) is 0 Å². The molecule has 8 atom stereocenters. The first-order chi connectivity index (χ1) is 40.0. The average molecular weight is 1210 g/mol. The van der Waals surface area contributed by atoms with Gasteiger partial charge in [-0.3, -0.25) is 48.2 Å². The summed E-state index contributed by atoms with van der Waals surface area (Å²) in [5.74, 6) is -3.38. The zero-order valence-electron chi connectivity index (χ0n) is 54.5. The van der Waals surface area contributed by atoms with Crippen molar-refractivity contribution in [2.24, 2.45) is 22.7 Å². The fourth-order valence-electron chi connectivity index (χ4n) is 11.8. The Hall–Kier alpha value is -6.48. The monoisotopic (exact) mass is 1200 g/mol. The summed E-state index contributed by atoms with van der Waals surface area (Å²) in [6.45, 7) is 25.3. The fourth-order valence-corrected chi connectivity index (χ4v) is 11.8. The lowest BCUT2D eigenvalue weighted by Gasteiger charge is -2.37. The van der Waals surface area contributed by atoms with E-state index in [4.69, 9.17) is 9.47 Å². The van der Waals surface area contributed by atoms with Crippen LogP contribution in [-0.4, -0.2) is 179 Å².